The Labute approximate surface area is 125 Å². The van der Waals surface area contributed by atoms with Gasteiger partial charge in [-0.3, -0.25) is 0 Å². The monoisotopic (exact) mass is 328 g/mol. The minimum Gasteiger partial charge on any atom is -0.140 e. The zero-order chi connectivity index (χ0) is 13.2. The molecule has 0 amide bonds. The first-order chi connectivity index (χ1) is 9.24. The van der Waals surface area contributed by atoms with Gasteiger partial charge in [0.05, 0.1) is 0 Å². The number of halogens is 1. The van der Waals surface area contributed by atoms with Crippen LogP contribution in [0, 0.1) is 6.92 Å². The summed E-state index contributed by atoms with van der Waals surface area (Å²) in [6, 6.07) is 21.4. The quantitative estimate of drug-likeness (QED) is 0.529. The van der Waals surface area contributed by atoms with Crippen molar-refractivity contribution in [1.82, 2.24) is 0 Å². The highest BCUT2D eigenvalue weighted by molar-refractivity contribution is 9.10. The number of hydrogen-bond donors (Lipinski definition) is 0. The SMILES string of the molecule is Cc1sc(-c2ccc(Br)cc2)cc1-c1ccccc1. The van der Waals surface area contributed by atoms with Crippen LogP contribution >= 0.6 is 27.3 Å². The zero-order valence-corrected chi connectivity index (χ0v) is 13.0. The van der Waals surface area contributed by atoms with Crippen molar-refractivity contribution in [3.63, 3.8) is 0 Å². The largest absolute Gasteiger partial charge is 0.140 e. The third-order valence-electron chi connectivity index (χ3n) is 3.13. The molecule has 1 aromatic heterocycles. The maximum atomic E-state index is 3.48. The van der Waals surface area contributed by atoms with E-state index >= 15 is 0 Å². The molecule has 0 fully saturated rings. The first-order valence-electron chi connectivity index (χ1n) is 6.16. The molecule has 2 heteroatoms. The van der Waals surface area contributed by atoms with Crippen LogP contribution < -0.4 is 0 Å². The highest BCUT2D eigenvalue weighted by Gasteiger charge is 2.08. The van der Waals surface area contributed by atoms with Crippen LogP contribution in [0.3, 0.4) is 0 Å². The van der Waals surface area contributed by atoms with Crippen LogP contribution in [0.1, 0.15) is 4.88 Å². The highest BCUT2D eigenvalue weighted by atomic mass is 79.9. The summed E-state index contributed by atoms with van der Waals surface area (Å²) in [5.41, 5.74) is 3.90. The van der Waals surface area contributed by atoms with Crippen molar-refractivity contribution in [2.24, 2.45) is 0 Å². The maximum Gasteiger partial charge on any atom is 0.0351 e. The van der Waals surface area contributed by atoms with Crippen LogP contribution in [0.5, 0.6) is 0 Å². The Balaban J connectivity index is 2.04. The van der Waals surface area contributed by atoms with Gasteiger partial charge in [-0.25, -0.2) is 0 Å². The van der Waals surface area contributed by atoms with Gasteiger partial charge in [0.15, 0.2) is 0 Å². The molecule has 1 heterocycles. The molecule has 0 aliphatic heterocycles. The summed E-state index contributed by atoms with van der Waals surface area (Å²) in [6.07, 6.45) is 0. The summed E-state index contributed by atoms with van der Waals surface area (Å²) < 4.78 is 1.12. The third-order valence-corrected chi connectivity index (χ3v) is 4.76. The normalized spacial score (nSPS) is 10.6. The molecule has 0 nitrogen and oxygen atoms in total. The number of benzene rings is 2. The fraction of sp³-hybridized carbons (Fsp3) is 0.0588. The van der Waals surface area contributed by atoms with Crippen LogP contribution in [0.25, 0.3) is 21.6 Å². The van der Waals surface area contributed by atoms with E-state index in [-0.39, 0.29) is 0 Å². The van der Waals surface area contributed by atoms with E-state index in [1.807, 2.05) is 11.3 Å². The smallest absolute Gasteiger partial charge is 0.0351 e. The summed E-state index contributed by atoms with van der Waals surface area (Å²) >= 11 is 5.33. The van der Waals surface area contributed by atoms with Gasteiger partial charge in [0, 0.05) is 14.2 Å². The molecule has 2 aromatic carbocycles. The van der Waals surface area contributed by atoms with Crippen LogP contribution in [0.2, 0.25) is 0 Å². The van der Waals surface area contributed by atoms with Crippen LogP contribution in [-0.2, 0) is 0 Å². The number of aryl methyl sites for hydroxylation is 1. The van der Waals surface area contributed by atoms with E-state index in [2.05, 4.69) is 83.5 Å². The lowest BCUT2D eigenvalue weighted by atomic mass is 10.1. The predicted molar refractivity (Wildman–Crippen MR) is 87.6 cm³/mol. The summed E-state index contributed by atoms with van der Waals surface area (Å²) in [5.74, 6) is 0. The molecule has 0 N–H and O–H groups in total. The minimum atomic E-state index is 1.12. The van der Waals surface area contributed by atoms with Gasteiger partial charge in [-0.1, -0.05) is 58.4 Å². The third kappa shape index (κ3) is 2.65. The molecule has 0 atom stereocenters. The lowest BCUT2D eigenvalue weighted by molar-refractivity contribution is 1.58. The van der Waals surface area contributed by atoms with Gasteiger partial charge in [-0.15, -0.1) is 11.3 Å². The maximum absolute atomic E-state index is 3.48. The molecule has 19 heavy (non-hydrogen) atoms. The van der Waals surface area contributed by atoms with Gasteiger partial charge in [0.1, 0.15) is 0 Å². The Morgan fingerprint density at radius 2 is 1.53 bits per heavy atom. The molecule has 0 unspecified atom stereocenters. The summed E-state index contributed by atoms with van der Waals surface area (Å²) in [7, 11) is 0. The van der Waals surface area contributed by atoms with Gasteiger partial charge in [0.2, 0.25) is 0 Å². The topological polar surface area (TPSA) is 0 Å². The molecule has 0 bridgehead atoms. The second-order valence-electron chi connectivity index (χ2n) is 4.45. The number of rotatable bonds is 2. The highest BCUT2D eigenvalue weighted by Crippen LogP contribution is 2.36. The predicted octanol–water partition coefficient (Wildman–Crippen LogP) is 6.15. The van der Waals surface area contributed by atoms with E-state index in [1.165, 1.54) is 26.4 Å². The van der Waals surface area contributed by atoms with E-state index < -0.39 is 0 Å². The minimum absolute atomic E-state index is 1.12. The molecular formula is C17H13BrS. The lowest BCUT2D eigenvalue weighted by Crippen LogP contribution is -1.74. The number of thiophene rings is 1. The van der Waals surface area contributed by atoms with Gasteiger partial charge < -0.3 is 0 Å². The van der Waals surface area contributed by atoms with Gasteiger partial charge in [-0.05, 0) is 41.8 Å². The van der Waals surface area contributed by atoms with Crippen molar-refractivity contribution in [2.45, 2.75) is 6.92 Å². The first-order valence-corrected chi connectivity index (χ1v) is 7.77. The van der Waals surface area contributed by atoms with Crippen molar-refractivity contribution in [3.05, 3.63) is 70.0 Å². The van der Waals surface area contributed by atoms with Crippen molar-refractivity contribution < 1.29 is 0 Å². The fourth-order valence-corrected chi connectivity index (χ4v) is 3.45. The second-order valence-corrected chi connectivity index (χ2v) is 6.63. The average molecular weight is 329 g/mol. The average Bonchev–Trinajstić information content (AvgIpc) is 2.83. The summed E-state index contributed by atoms with van der Waals surface area (Å²) in [5, 5.41) is 0. The van der Waals surface area contributed by atoms with E-state index in [4.69, 9.17) is 0 Å². The van der Waals surface area contributed by atoms with Gasteiger partial charge in [0.25, 0.3) is 0 Å². The molecule has 0 radical (unpaired) electrons. The van der Waals surface area contributed by atoms with E-state index in [0.717, 1.165) is 4.47 Å². The van der Waals surface area contributed by atoms with Crippen LogP contribution in [-0.4, -0.2) is 0 Å². The van der Waals surface area contributed by atoms with Gasteiger partial charge in [-0.2, -0.15) is 0 Å². The zero-order valence-electron chi connectivity index (χ0n) is 10.6. The summed E-state index contributed by atoms with van der Waals surface area (Å²) in [6.45, 7) is 2.19. The Hall–Kier alpha value is -1.38. The Bertz CT molecular complexity index is 681. The van der Waals surface area contributed by atoms with Gasteiger partial charge >= 0.3 is 0 Å². The van der Waals surface area contributed by atoms with Crippen molar-refractivity contribution in [2.75, 3.05) is 0 Å². The molecule has 0 saturated carbocycles. The van der Waals surface area contributed by atoms with Crippen LogP contribution in [0.4, 0.5) is 0 Å². The van der Waals surface area contributed by atoms with E-state index in [0.29, 0.717) is 0 Å². The summed E-state index contributed by atoms with van der Waals surface area (Å²) in [4.78, 5) is 2.69. The molecule has 3 aromatic rings. The molecule has 0 aliphatic rings. The Morgan fingerprint density at radius 3 is 2.21 bits per heavy atom. The number of hydrogen-bond acceptors (Lipinski definition) is 1. The molecule has 94 valence electrons. The molecule has 0 saturated heterocycles. The van der Waals surface area contributed by atoms with Crippen molar-refractivity contribution in [3.8, 4) is 21.6 Å². The molecule has 3 rings (SSSR count). The second kappa shape index (κ2) is 5.32. The molecule has 0 spiro atoms. The van der Waals surface area contributed by atoms with Crippen molar-refractivity contribution in [1.29, 1.82) is 0 Å². The standard InChI is InChI=1S/C17H13BrS/c1-12-16(13-5-3-2-4-6-13)11-17(19-12)14-7-9-15(18)10-8-14/h2-11H,1H3. The molecule has 0 aliphatic carbocycles. The van der Waals surface area contributed by atoms with E-state index in [1.54, 1.807) is 0 Å². The Morgan fingerprint density at radius 1 is 0.842 bits per heavy atom. The van der Waals surface area contributed by atoms with Crippen molar-refractivity contribution >= 4 is 27.3 Å². The molecular weight excluding hydrogens is 316 g/mol. The fourth-order valence-electron chi connectivity index (χ4n) is 2.14. The Kier molecular flexibility index (Phi) is 3.54. The van der Waals surface area contributed by atoms with E-state index in [9.17, 15) is 0 Å². The van der Waals surface area contributed by atoms with Crippen LogP contribution in [0.15, 0.2) is 65.1 Å². The lowest BCUT2D eigenvalue weighted by Gasteiger charge is -1.98. The first kappa shape index (κ1) is 12.6.